The summed E-state index contributed by atoms with van der Waals surface area (Å²) in [6.07, 6.45) is -6.39. The van der Waals surface area contributed by atoms with Crippen LogP contribution in [-0.2, 0) is 4.79 Å². The van der Waals surface area contributed by atoms with Gasteiger partial charge in [0.1, 0.15) is 6.04 Å². The number of hydrogen-bond acceptors (Lipinski definition) is 2. The fourth-order valence-corrected chi connectivity index (χ4v) is 1.61. The Morgan fingerprint density at radius 1 is 1.25 bits per heavy atom. The van der Waals surface area contributed by atoms with Crippen molar-refractivity contribution in [3.05, 3.63) is 33.8 Å². The summed E-state index contributed by atoms with van der Waals surface area (Å²) in [5, 5.41) is 10.6. The van der Waals surface area contributed by atoms with Crippen LogP contribution in [0.1, 0.15) is 16.8 Å². The minimum atomic E-state index is -4.71. The molecule has 0 heterocycles. The zero-order valence-electron chi connectivity index (χ0n) is 9.67. The van der Waals surface area contributed by atoms with Gasteiger partial charge in [-0.2, -0.15) is 13.2 Å². The highest BCUT2D eigenvalue weighted by Gasteiger charge is 2.36. The van der Waals surface area contributed by atoms with E-state index in [1.54, 1.807) is 5.32 Å². The SMILES string of the molecule is O=C(NC(CC(F)(F)F)C(=O)O)c1ccc(Cl)c(Cl)c1. The third-order valence-electron chi connectivity index (χ3n) is 2.22. The first-order chi connectivity index (χ1) is 9.10. The molecule has 0 radical (unpaired) electrons. The van der Waals surface area contributed by atoms with Crippen LogP contribution in [-0.4, -0.2) is 29.2 Å². The van der Waals surface area contributed by atoms with Gasteiger partial charge >= 0.3 is 12.1 Å². The molecule has 1 rings (SSSR count). The molecule has 110 valence electrons. The van der Waals surface area contributed by atoms with E-state index in [-0.39, 0.29) is 15.6 Å². The summed E-state index contributed by atoms with van der Waals surface area (Å²) in [7, 11) is 0. The third kappa shape index (κ3) is 4.90. The second kappa shape index (κ2) is 6.32. The second-order valence-corrected chi connectivity index (χ2v) is 4.63. The smallest absolute Gasteiger partial charge is 0.391 e. The summed E-state index contributed by atoms with van der Waals surface area (Å²) in [5.74, 6) is -2.77. The number of carbonyl (C=O) groups excluding carboxylic acids is 1. The number of carboxylic acids is 1. The van der Waals surface area contributed by atoms with Crippen molar-refractivity contribution in [3.63, 3.8) is 0 Å². The van der Waals surface area contributed by atoms with E-state index in [0.717, 1.165) is 6.07 Å². The zero-order chi connectivity index (χ0) is 15.5. The monoisotopic (exact) mass is 329 g/mol. The van der Waals surface area contributed by atoms with Gasteiger partial charge in [-0.15, -0.1) is 0 Å². The number of carboxylic acid groups (broad SMARTS) is 1. The van der Waals surface area contributed by atoms with E-state index in [4.69, 9.17) is 28.3 Å². The molecule has 20 heavy (non-hydrogen) atoms. The molecule has 1 aromatic rings. The van der Waals surface area contributed by atoms with Gasteiger partial charge in [-0.25, -0.2) is 4.79 Å². The molecule has 4 nitrogen and oxygen atoms in total. The van der Waals surface area contributed by atoms with Gasteiger partial charge in [0.25, 0.3) is 5.91 Å². The minimum absolute atomic E-state index is 0.0296. The molecule has 0 fully saturated rings. The van der Waals surface area contributed by atoms with Crippen LogP contribution in [0.5, 0.6) is 0 Å². The zero-order valence-corrected chi connectivity index (χ0v) is 11.2. The molecule has 0 saturated carbocycles. The van der Waals surface area contributed by atoms with Gasteiger partial charge in [-0.1, -0.05) is 23.2 Å². The molecular weight excluding hydrogens is 322 g/mol. The number of amides is 1. The number of halogens is 5. The molecule has 1 unspecified atom stereocenters. The van der Waals surface area contributed by atoms with Crippen LogP contribution in [0.25, 0.3) is 0 Å². The number of benzene rings is 1. The predicted molar refractivity (Wildman–Crippen MR) is 66.0 cm³/mol. The van der Waals surface area contributed by atoms with Crippen molar-refractivity contribution in [1.82, 2.24) is 5.32 Å². The number of rotatable bonds is 4. The van der Waals surface area contributed by atoms with E-state index >= 15 is 0 Å². The summed E-state index contributed by atoms with van der Waals surface area (Å²) < 4.78 is 36.5. The number of alkyl halides is 3. The Hall–Kier alpha value is -1.47. The maximum absolute atomic E-state index is 12.2. The highest BCUT2D eigenvalue weighted by atomic mass is 35.5. The number of carbonyl (C=O) groups is 2. The van der Waals surface area contributed by atoms with E-state index in [2.05, 4.69) is 0 Å². The van der Waals surface area contributed by atoms with Crippen LogP contribution >= 0.6 is 23.2 Å². The average Bonchev–Trinajstić information content (AvgIpc) is 2.29. The van der Waals surface area contributed by atoms with Crippen molar-refractivity contribution >= 4 is 35.1 Å². The first-order valence-electron chi connectivity index (χ1n) is 5.15. The molecule has 0 bridgehead atoms. The summed E-state index contributed by atoms with van der Waals surface area (Å²) in [5.41, 5.74) is -0.0900. The van der Waals surface area contributed by atoms with Crippen LogP contribution in [0.3, 0.4) is 0 Å². The Kier molecular flexibility index (Phi) is 5.24. The molecule has 2 N–H and O–H groups in total. The van der Waals surface area contributed by atoms with Gasteiger partial charge in [0.05, 0.1) is 16.5 Å². The molecule has 0 aliphatic carbocycles. The maximum Gasteiger partial charge on any atom is 0.391 e. The lowest BCUT2D eigenvalue weighted by Crippen LogP contribution is -2.43. The summed E-state index contributed by atoms with van der Waals surface area (Å²) in [6.45, 7) is 0. The standard InChI is InChI=1S/C11H8Cl2F3NO3/c12-6-2-1-5(3-7(6)13)9(18)17-8(10(19)20)4-11(14,15)16/h1-3,8H,4H2,(H,17,18)(H,19,20). The number of nitrogens with one attached hydrogen (secondary N) is 1. The highest BCUT2D eigenvalue weighted by molar-refractivity contribution is 6.42. The van der Waals surface area contributed by atoms with Crippen molar-refractivity contribution in [2.45, 2.75) is 18.6 Å². The van der Waals surface area contributed by atoms with E-state index < -0.39 is 30.5 Å². The quantitative estimate of drug-likeness (QED) is 0.891. The normalized spacial score (nSPS) is 12.8. The maximum atomic E-state index is 12.2. The topological polar surface area (TPSA) is 66.4 Å². The molecule has 0 aliphatic heterocycles. The third-order valence-corrected chi connectivity index (χ3v) is 2.96. The molecule has 0 aromatic heterocycles. The predicted octanol–water partition coefficient (Wildman–Crippen LogP) is 3.13. The van der Waals surface area contributed by atoms with Crippen LogP contribution in [0, 0.1) is 0 Å². The van der Waals surface area contributed by atoms with Gasteiger partial charge in [-0.3, -0.25) is 4.79 Å². The van der Waals surface area contributed by atoms with Crippen LogP contribution in [0.4, 0.5) is 13.2 Å². The lowest BCUT2D eigenvalue weighted by molar-refractivity contribution is -0.157. The van der Waals surface area contributed by atoms with E-state index in [1.165, 1.54) is 12.1 Å². The van der Waals surface area contributed by atoms with Crippen LogP contribution < -0.4 is 5.32 Å². The fraction of sp³-hybridized carbons (Fsp3) is 0.273. The van der Waals surface area contributed by atoms with Crippen molar-refractivity contribution in [3.8, 4) is 0 Å². The van der Waals surface area contributed by atoms with Crippen LogP contribution in [0.2, 0.25) is 10.0 Å². The molecule has 1 aromatic carbocycles. The molecule has 0 saturated heterocycles. The Morgan fingerprint density at radius 3 is 2.30 bits per heavy atom. The summed E-state index contributed by atoms with van der Waals surface area (Å²) in [6, 6.07) is 1.55. The van der Waals surface area contributed by atoms with Crippen molar-refractivity contribution in [2.75, 3.05) is 0 Å². The Bertz CT molecular complexity index is 534. The van der Waals surface area contributed by atoms with Gasteiger partial charge in [0.15, 0.2) is 0 Å². The van der Waals surface area contributed by atoms with E-state index in [9.17, 15) is 22.8 Å². The molecule has 1 amide bonds. The number of aliphatic carboxylic acids is 1. The lowest BCUT2D eigenvalue weighted by atomic mass is 10.1. The average molecular weight is 330 g/mol. The molecular formula is C11H8Cl2F3NO3. The molecule has 0 aliphatic rings. The first kappa shape index (κ1) is 16.6. The van der Waals surface area contributed by atoms with Gasteiger partial charge in [0, 0.05) is 5.56 Å². The summed E-state index contributed by atoms with van der Waals surface area (Å²) in [4.78, 5) is 22.4. The minimum Gasteiger partial charge on any atom is -0.480 e. The second-order valence-electron chi connectivity index (χ2n) is 3.81. The van der Waals surface area contributed by atoms with Crippen molar-refractivity contribution < 1.29 is 27.9 Å². The first-order valence-corrected chi connectivity index (χ1v) is 5.91. The Balaban J connectivity index is 2.85. The Labute approximate surface area is 121 Å². The molecule has 0 spiro atoms. The highest BCUT2D eigenvalue weighted by Crippen LogP contribution is 2.24. The van der Waals surface area contributed by atoms with Crippen molar-refractivity contribution in [1.29, 1.82) is 0 Å². The van der Waals surface area contributed by atoms with E-state index in [0.29, 0.717) is 0 Å². The largest absolute Gasteiger partial charge is 0.480 e. The fourth-order valence-electron chi connectivity index (χ4n) is 1.31. The van der Waals surface area contributed by atoms with Gasteiger partial charge in [0.2, 0.25) is 0 Å². The lowest BCUT2D eigenvalue weighted by Gasteiger charge is -2.16. The van der Waals surface area contributed by atoms with Crippen LogP contribution in [0.15, 0.2) is 18.2 Å². The Morgan fingerprint density at radius 2 is 1.85 bits per heavy atom. The summed E-state index contributed by atoms with van der Waals surface area (Å²) >= 11 is 11.3. The molecule has 9 heteroatoms. The number of hydrogen-bond donors (Lipinski definition) is 2. The van der Waals surface area contributed by atoms with Gasteiger partial charge < -0.3 is 10.4 Å². The van der Waals surface area contributed by atoms with Crippen molar-refractivity contribution in [2.24, 2.45) is 0 Å². The van der Waals surface area contributed by atoms with E-state index in [1.807, 2.05) is 0 Å². The van der Waals surface area contributed by atoms with Gasteiger partial charge in [-0.05, 0) is 18.2 Å². The molecule has 1 atom stereocenters.